The van der Waals surface area contributed by atoms with Gasteiger partial charge in [0.05, 0.1) is 30.9 Å². The maximum Gasteiger partial charge on any atom is 0.417 e. The molecule has 0 bridgehead atoms. The van der Waals surface area contributed by atoms with Crippen LogP contribution in [-0.4, -0.2) is 26.2 Å². The Balaban J connectivity index is 2.71. The molecule has 0 aliphatic carbocycles. The summed E-state index contributed by atoms with van der Waals surface area (Å²) in [5.41, 5.74) is -1.06. The molecular weight excluding hydrogens is 325 g/mol. The van der Waals surface area contributed by atoms with Gasteiger partial charge in [-0.3, -0.25) is 0 Å². The zero-order chi connectivity index (χ0) is 17.9. The SMILES string of the molecule is COC(=O)c1cc(C(=O)OC)cc(-c2ccccc2C(F)(F)F)c1. The molecule has 0 unspecified atom stereocenters. The zero-order valence-corrected chi connectivity index (χ0v) is 12.8. The molecule has 2 aromatic carbocycles. The van der Waals surface area contributed by atoms with Gasteiger partial charge in [0.1, 0.15) is 0 Å². The number of rotatable bonds is 3. The summed E-state index contributed by atoms with van der Waals surface area (Å²) < 4.78 is 48.8. The van der Waals surface area contributed by atoms with Gasteiger partial charge >= 0.3 is 18.1 Å². The molecule has 7 heteroatoms. The number of methoxy groups -OCH3 is 2. The van der Waals surface area contributed by atoms with Crippen molar-refractivity contribution in [1.82, 2.24) is 0 Å². The van der Waals surface area contributed by atoms with Gasteiger partial charge < -0.3 is 9.47 Å². The predicted octanol–water partition coefficient (Wildman–Crippen LogP) is 3.95. The van der Waals surface area contributed by atoms with E-state index in [0.717, 1.165) is 20.3 Å². The molecule has 4 nitrogen and oxygen atoms in total. The number of benzene rings is 2. The minimum Gasteiger partial charge on any atom is -0.465 e. The molecule has 0 heterocycles. The van der Waals surface area contributed by atoms with Crippen molar-refractivity contribution in [3.8, 4) is 11.1 Å². The van der Waals surface area contributed by atoms with E-state index in [1.165, 1.54) is 36.4 Å². The Labute approximate surface area is 135 Å². The first-order valence-electron chi connectivity index (χ1n) is 6.76. The fourth-order valence-electron chi connectivity index (χ4n) is 2.24. The molecule has 2 aromatic rings. The molecule has 0 aliphatic heterocycles. The third-order valence-electron chi connectivity index (χ3n) is 3.32. The van der Waals surface area contributed by atoms with E-state index in [-0.39, 0.29) is 22.3 Å². The lowest BCUT2D eigenvalue weighted by atomic mass is 9.95. The number of halogens is 3. The average Bonchev–Trinajstić information content (AvgIpc) is 2.59. The molecule has 0 N–H and O–H groups in total. The standard InChI is InChI=1S/C17H13F3O4/c1-23-15(21)11-7-10(8-12(9-11)16(22)24-2)13-5-3-4-6-14(13)17(18,19)20/h3-9H,1-2H3. The van der Waals surface area contributed by atoms with E-state index in [1.807, 2.05) is 0 Å². The first-order valence-corrected chi connectivity index (χ1v) is 6.76. The van der Waals surface area contributed by atoms with Crippen molar-refractivity contribution in [1.29, 1.82) is 0 Å². The normalized spacial score (nSPS) is 11.0. The topological polar surface area (TPSA) is 52.6 Å². The highest BCUT2D eigenvalue weighted by molar-refractivity contribution is 5.97. The third kappa shape index (κ3) is 3.56. The van der Waals surface area contributed by atoms with Gasteiger partial charge in [-0.25, -0.2) is 9.59 Å². The molecule has 0 atom stereocenters. The second-order valence-corrected chi connectivity index (χ2v) is 4.83. The van der Waals surface area contributed by atoms with Crippen LogP contribution < -0.4 is 0 Å². The maximum atomic E-state index is 13.2. The minimum absolute atomic E-state index is 0.0487. The minimum atomic E-state index is -4.58. The van der Waals surface area contributed by atoms with Crippen molar-refractivity contribution in [3.05, 3.63) is 59.2 Å². The Morgan fingerprint density at radius 3 is 1.83 bits per heavy atom. The predicted molar refractivity (Wildman–Crippen MR) is 79.6 cm³/mol. The van der Waals surface area contributed by atoms with Crippen molar-refractivity contribution in [2.45, 2.75) is 6.18 Å². The monoisotopic (exact) mass is 338 g/mol. The Morgan fingerprint density at radius 2 is 1.38 bits per heavy atom. The fourth-order valence-corrected chi connectivity index (χ4v) is 2.24. The van der Waals surface area contributed by atoms with Crippen LogP contribution >= 0.6 is 0 Å². The van der Waals surface area contributed by atoms with Crippen LogP contribution in [0.1, 0.15) is 26.3 Å². The molecule has 0 spiro atoms. The summed E-state index contributed by atoms with van der Waals surface area (Å²) in [4.78, 5) is 23.5. The number of esters is 2. The molecule has 0 amide bonds. The molecule has 2 rings (SSSR count). The lowest BCUT2D eigenvalue weighted by Gasteiger charge is -2.14. The van der Waals surface area contributed by atoms with Gasteiger partial charge in [-0.1, -0.05) is 18.2 Å². The smallest absolute Gasteiger partial charge is 0.417 e. The Hall–Kier alpha value is -2.83. The van der Waals surface area contributed by atoms with Crippen LogP contribution in [0.3, 0.4) is 0 Å². The number of hydrogen-bond donors (Lipinski definition) is 0. The first kappa shape index (κ1) is 17.5. The van der Waals surface area contributed by atoms with E-state index in [4.69, 9.17) is 0 Å². The highest BCUT2D eigenvalue weighted by atomic mass is 19.4. The maximum absolute atomic E-state index is 13.2. The van der Waals surface area contributed by atoms with E-state index in [1.54, 1.807) is 0 Å². The van der Waals surface area contributed by atoms with Gasteiger partial charge in [-0.15, -0.1) is 0 Å². The average molecular weight is 338 g/mol. The molecule has 126 valence electrons. The highest BCUT2D eigenvalue weighted by Crippen LogP contribution is 2.37. The molecule has 0 aliphatic rings. The molecule has 0 saturated carbocycles. The number of carbonyl (C=O) groups excluding carboxylic acids is 2. The van der Waals surface area contributed by atoms with Gasteiger partial charge in [-0.05, 0) is 35.4 Å². The summed E-state index contributed by atoms with van der Waals surface area (Å²) >= 11 is 0. The third-order valence-corrected chi connectivity index (χ3v) is 3.32. The summed E-state index contributed by atoms with van der Waals surface area (Å²) in [6, 6.07) is 8.58. The second kappa shape index (κ2) is 6.74. The summed E-state index contributed by atoms with van der Waals surface area (Å²) in [6.07, 6.45) is -4.58. The van der Waals surface area contributed by atoms with Crippen molar-refractivity contribution in [2.24, 2.45) is 0 Å². The van der Waals surface area contributed by atoms with Crippen LogP contribution in [0, 0.1) is 0 Å². The number of carbonyl (C=O) groups is 2. The molecule has 0 fully saturated rings. The zero-order valence-electron chi connectivity index (χ0n) is 12.8. The molecular formula is C17H13F3O4. The number of ether oxygens (including phenoxy) is 2. The van der Waals surface area contributed by atoms with Crippen molar-refractivity contribution < 1.29 is 32.2 Å². The van der Waals surface area contributed by atoms with Crippen LogP contribution in [-0.2, 0) is 15.7 Å². The van der Waals surface area contributed by atoms with Crippen LogP contribution in [0.2, 0.25) is 0 Å². The largest absolute Gasteiger partial charge is 0.465 e. The van der Waals surface area contributed by atoms with Gasteiger partial charge in [0, 0.05) is 0 Å². The lowest BCUT2D eigenvalue weighted by Crippen LogP contribution is -2.09. The lowest BCUT2D eigenvalue weighted by molar-refractivity contribution is -0.137. The second-order valence-electron chi connectivity index (χ2n) is 4.83. The van der Waals surface area contributed by atoms with Crippen LogP contribution in [0.15, 0.2) is 42.5 Å². The molecule has 0 aromatic heterocycles. The van der Waals surface area contributed by atoms with Gasteiger partial charge in [0.15, 0.2) is 0 Å². The van der Waals surface area contributed by atoms with Crippen LogP contribution in [0.4, 0.5) is 13.2 Å². The van der Waals surface area contributed by atoms with E-state index in [9.17, 15) is 22.8 Å². The van der Waals surface area contributed by atoms with Gasteiger partial charge in [-0.2, -0.15) is 13.2 Å². The van der Waals surface area contributed by atoms with Crippen LogP contribution in [0.25, 0.3) is 11.1 Å². The quantitative estimate of drug-likeness (QED) is 0.796. The molecule has 0 radical (unpaired) electrons. The fraction of sp³-hybridized carbons (Fsp3) is 0.176. The summed E-state index contributed by atoms with van der Waals surface area (Å²) in [5.74, 6) is -1.54. The van der Waals surface area contributed by atoms with E-state index in [2.05, 4.69) is 9.47 Å². The summed E-state index contributed by atoms with van der Waals surface area (Å²) in [7, 11) is 2.27. The molecule has 24 heavy (non-hydrogen) atoms. The number of hydrogen-bond acceptors (Lipinski definition) is 4. The van der Waals surface area contributed by atoms with Crippen molar-refractivity contribution in [3.63, 3.8) is 0 Å². The van der Waals surface area contributed by atoms with E-state index in [0.29, 0.717) is 0 Å². The summed E-state index contributed by atoms with van der Waals surface area (Å²) in [6.45, 7) is 0. The molecule has 0 saturated heterocycles. The summed E-state index contributed by atoms with van der Waals surface area (Å²) in [5, 5.41) is 0. The number of alkyl halides is 3. The van der Waals surface area contributed by atoms with Crippen molar-refractivity contribution >= 4 is 11.9 Å². The Bertz CT molecular complexity index is 747. The van der Waals surface area contributed by atoms with Gasteiger partial charge in [0.25, 0.3) is 0 Å². The Kier molecular flexibility index (Phi) is 4.92. The Morgan fingerprint density at radius 1 is 0.875 bits per heavy atom. The first-order chi connectivity index (χ1) is 11.3. The van der Waals surface area contributed by atoms with E-state index >= 15 is 0 Å². The van der Waals surface area contributed by atoms with Crippen LogP contribution in [0.5, 0.6) is 0 Å². The highest BCUT2D eigenvalue weighted by Gasteiger charge is 2.33. The van der Waals surface area contributed by atoms with Gasteiger partial charge in [0.2, 0.25) is 0 Å². The van der Waals surface area contributed by atoms with Crippen molar-refractivity contribution in [2.75, 3.05) is 14.2 Å². The van der Waals surface area contributed by atoms with E-state index < -0.39 is 23.7 Å².